The number of furan rings is 1. The Hall–Kier alpha value is -0.800. The molecule has 0 bridgehead atoms. The van der Waals surface area contributed by atoms with Crippen molar-refractivity contribution in [2.24, 2.45) is 4.99 Å². The lowest BCUT2D eigenvalue weighted by Gasteiger charge is -2.33. The molecular weight excluding hydrogens is 431 g/mol. The number of methoxy groups -OCH3 is 1. The SMILES string of the molecule is CN=C(NCc1cc(C)oc1C)NC1CCN(CCCOC)CC1.I. The summed E-state index contributed by atoms with van der Waals surface area (Å²) >= 11 is 0. The van der Waals surface area contributed by atoms with Gasteiger partial charge in [-0.2, -0.15) is 0 Å². The number of nitrogens with one attached hydrogen (secondary N) is 2. The number of ether oxygens (including phenoxy) is 1. The van der Waals surface area contributed by atoms with Crippen LogP contribution in [0.25, 0.3) is 0 Å². The zero-order valence-corrected chi connectivity index (χ0v) is 18.3. The lowest BCUT2D eigenvalue weighted by Crippen LogP contribution is -2.48. The van der Waals surface area contributed by atoms with Gasteiger partial charge >= 0.3 is 0 Å². The number of nitrogens with zero attached hydrogens (tertiary/aromatic N) is 2. The monoisotopic (exact) mass is 464 g/mol. The van der Waals surface area contributed by atoms with Crippen LogP contribution in [0.15, 0.2) is 15.5 Å². The molecule has 0 radical (unpaired) electrons. The van der Waals surface area contributed by atoms with Crippen LogP contribution in [0.1, 0.15) is 36.3 Å². The second kappa shape index (κ2) is 11.7. The fourth-order valence-corrected chi connectivity index (χ4v) is 3.16. The Bertz CT molecular complexity index is 525. The number of halogens is 1. The van der Waals surface area contributed by atoms with Crippen molar-refractivity contribution >= 4 is 29.9 Å². The second-order valence-corrected chi connectivity index (χ2v) is 6.47. The molecular formula is C18H33IN4O2. The van der Waals surface area contributed by atoms with E-state index in [-0.39, 0.29) is 24.0 Å². The molecule has 0 atom stereocenters. The average Bonchev–Trinajstić information content (AvgIpc) is 2.90. The second-order valence-electron chi connectivity index (χ2n) is 6.47. The van der Waals surface area contributed by atoms with Gasteiger partial charge in [0.2, 0.25) is 0 Å². The van der Waals surface area contributed by atoms with E-state index in [1.807, 2.05) is 20.9 Å². The van der Waals surface area contributed by atoms with Crippen molar-refractivity contribution in [2.45, 2.75) is 45.7 Å². The van der Waals surface area contributed by atoms with Crippen LogP contribution in [0, 0.1) is 13.8 Å². The number of likely N-dealkylation sites (tertiary alicyclic amines) is 1. The van der Waals surface area contributed by atoms with Gasteiger partial charge in [0.1, 0.15) is 11.5 Å². The van der Waals surface area contributed by atoms with Crippen LogP contribution < -0.4 is 10.6 Å². The van der Waals surface area contributed by atoms with Crippen LogP contribution in [0.5, 0.6) is 0 Å². The molecule has 1 fully saturated rings. The summed E-state index contributed by atoms with van der Waals surface area (Å²) in [6, 6.07) is 2.57. The van der Waals surface area contributed by atoms with E-state index in [1.165, 1.54) is 5.56 Å². The quantitative estimate of drug-likeness (QED) is 0.281. The molecule has 0 spiro atoms. The molecule has 2 rings (SSSR count). The summed E-state index contributed by atoms with van der Waals surface area (Å²) in [6.45, 7) is 8.97. The van der Waals surface area contributed by atoms with E-state index >= 15 is 0 Å². The first kappa shape index (κ1) is 22.2. The Balaban J connectivity index is 0.00000312. The van der Waals surface area contributed by atoms with Gasteiger partial charge in [0.25, 0.3) is 0 Å². The van der Waals surface area contributed by atoms with E-state index in [0.29, 0.717) is 6.04 Å². The van der Waals surface area contributed by atoms with Crippen LogP contribution in [0.2, 0.25) is 0 Å². The smallest absolute Gasteiger partial charge is 0.191 e. The number of aliphatic imine (C=N–C) groups is 1. The van der Waals surface area contributed by atoms with E-state index in [9.17, 15) is 0 Å². The molecule has 0 aromatic carbocycles. The Morgan fingerprint density at radius 3 is 2.64 bits per heavy atom. The molecule has 0 unspecified atom stereocenters. The zero-order valence-electron chi connectivity index (χ0n) is 15.9. The maximum Gasteiger partial charge on any atom is 0.191 e. The van der Waals surface area contributed by atoms with Crippen LogP contribution in [0.4, 0.5) is 0 Å². The average molecular weight is 464 g/mol. The molecule has 25 heavy (non-hydrogen) atoms. The molecule has 6 nitrogen and oxygen atoms in total. The Labute approximate surface area is 168 Å². The van der Waals surface area contributed by atoms with Crippen LogP contribution in [-0.4, -0.2) is 57.3 Å². The van der Waals surface area contributed by atoms with Gasteiger partial charge in [-0.3, -0.25) is 4.99 Å². The maximum absolute atomic E-state index is 5.57. The van der Waals surface area contributed by atoms with E-state index in [4.69, 9.17) is 9.15 Å². The van der Waals surface area contributed by atoms with Gasteiger partial charge in [0.15, 0.2) is 5.96 Å². The number of guanidine groups is 1. The molecule has 1 aliphatic heterocycles. The van der Waals surface area contributed by atoms with Crippen molar-refractivity contribution in [1.82, 2.24) is 15.5 Å². The molecule has 2 heterocycles. The fourth-order valence-electron chi connectivity index (χ4n) is 3.16. The van der Waals surface area contributed by atoms with E-state index < -0.39 is 0 Å². The summed E-state index contributed by atoms with van der Waals surface area (Å²) in [5.41, 5.74) is 1.18. The topological polar surface area (TPSA) is 62.0 Å². The highest BCUT2D eigenvalue weighted by atomic mass is 127. The number of piperidine rings is 1. The molecule has 1 aliphatic rings. The van der Waals surface area contributed by atoms with Crippen molar-refractivity contribution in [1.29, 1.82) is 0 Å². The van der Waals surface area contributed by atoms with Crippen LogP contribution >= 0.6 is 24.0 Å². The third-order valence-electron chi connectivity index (χ3n) is 4.56. The van der Waals surface area contributed by atoms with Crippen LogP contribution in [0.3, 0.4) is 0 Å². The fraction of sp³-hybridized carbons (Fsp3) is 0.722. The molecule has 2 N–H and O–H groups in total. The summed E-state index contributed by atoms with van der Waals surface area (Å²) in [5, 5.41) is 6.94. The normalized spacial score (nSPS) is 16.6. The third kappa shape index (κ3) is 7.53. The highest BCUT2D eigenvalue weighted by Crippen LogP contribution is 2.13. The lowest BCUT2D eigenvalue weighted by molar-refractivity contribution is 0.155. The van der Waals surface area contributed by atoms with Gasteiger partial charge in [0, 0.05) is 58.5 Å². The Morgan fingerprint density at radius 1 is 1.36 bits per heavy atom. The first-order valence-electron chi connectivity index (χ1n) is 8.86. The van der Waals surface area contributed by atoms with Gasteiger partial charge in [-0.15, -0.1) is 24.0 Å². The highest BCUT2D eigenvalue weighted by molar-refractivity contribution is 14.0. The molecule has 144 valence electrons. The summed E-state index contributed by atoms with van der Waals surface area (Å²) in [7, 11) is 3.59. The van der Waals surface area contributed by atoms with E-state index in [0.717, 1.165) is 69.5 Å². The summed E-state index contributed by atoms with van der Waals surface area (Å²) in [4.78, 5) is 6.87. The number of hydrogen-bond donors (Lipinski definition) is 2. The molecule has 0 saturated carbocycles. The van der Waals surface area contributed by atoms with Crippen molar-refractivity contribution < 1.29 is 9.15 Å². The summed E-state index contributed by atoms with van der Waals surface area (Å²) in [6.07, 6.45) is 3.41. The summed E-state index contributed by atoms with van der Waals surface area (Å²) < 4.78 is 10.7. The molecule has 1 aromatic heterocycles. The zero-order chi connectivity index (χ0) is 17.4. The minimum atomic E-state index is 0. The molecule has 0 aliphatic carbocycles. The van der Waals surface area contributed by atoms with Gasteiger partial charge in [-0.25, -0.2) is 0 Å². The predicted octanol–water partition coefficient (Wildman–Crippen LogP) is 2.68. The lowest BCUT2D eigenvalue weighted by atomic mass is 10.1. The standard InChI is InChI=1S/C18H32N4O2.HI/c1-14-12-16(15(2)24-14)13-20-18(19-3)21-17-6-9-22(10-7-17)8-5-11-23-4;/h12,17H,5-11,13H2,1-4H3,(H2,19,20,21);1H. The van der Waals surface area contributed by atoms with Gasteiger partial charge in [0.05, 0.1) is 0 Å². The minimum Gasteiger partial charge on any atom is -0.466 e. The Morgan fingerprint density at radius 2 is 2.08 bits per heavy atom. The highest BCUT2D eigenvalue weighted by Gasteiger charge is 2.19. The van der Waals surface area contributed by atoms with Gasteiger partial charge in [-0.05, 0) is 39.2 Å². The molecule has 7 heteroatoms. The third-order valence-corrected chi connectivity index (χ3v) is 4.56. The molecule has 0 amide bonds. The van der Waals surface area contributed by atoms with Crippen molar-refractivity contribution in [3.8, 4) is 0 Å². The van der Waals surface area contributed by atoms with Crippen molar-refractivity contribution in [2.75, 3.05) is 40.4 Å². The number of hydrogen-bond acceptors (Lipinski definition) is 4. The van der Waals surface area contributed by atoms with E-state index in [2.05, 4.69) is 26.6 Å². The number of rotatable bonds is 7. The summed E-state index contributed by atoms with van der Waals surface area (Å²) in [5.74, 6) is 2.79. The van der Waals surface area contributed by atoms with Crippen LogP contribution in [-0.2, 0) is 11.3 Å². The Kier molecular flexibility index (Phi) is 10.4. The minimum absolute atomic E-state index is 0. The van der Waals surface area contributed by atoms with Gasteiger partial charge < -0.3 is 24.7 Å². The predicted molar refractivity (Wildman–Crippen MR) is 113 cm³/mol. The molecule has 1 saturated heterocycles. The van der Waals surface area contributed by atoms with Crippen molar-refractivity contribution in [3.05, 3.63) is 23.2 Å². The first-order valence-corrected chi connectivity index (χ1v) is 8.86. The van der Waals surface area contributed by atoms with Crippen molar-refractivity contribution in [3.63, 3.8) is 0 Å². The maximum atomic E-state index is 5.57. The van der Waals surface area contributed by atoms with Gasteiger partial charge in [-0.1, -0.05) is 0 Å². The molecule has 1 aromatic rings. The van der Waals surface area contributed by atoms with E-state index in [1.54, 1.807) is 7.11 Å². The first-order chi connectivity index (χ1) is 11.6. The largest absolute Gasteiger partial charge is 0.466 e. The number of aryl methyl sites for hydroxylation is 2.